The summed E-state index contributed by atoms with van der Waals surface area (Å²) in [6.45, 7) is 3.98. The monoisotopic (exact) mass is 638 g/mol. The number of rotatable bonds is 9. The fourth-order valence-corrected chi connectivity index (χ4v) is 7.25. The van der Waals surface area contributed by atoms with Gasteiger partial charge in [-0.05, 0) is 80.1 Å². The molecule has 3 aromatic carbocycles. The average molecular weight is 639 g/mol. The molecule has 0 aliphatic heterocycles. The van der Waals surface area contributed by atoms with E-state index in [4.69, 9.17) is 0 Å². The Hall–Kier alpha value is -4.72. The van der Waals surface area contributed by atoms with E-state index in [1.165, 1.54) is 52.3 Å². The first-order valence-electron chi connectivity index (χ1n) is 14.5. The maximum absolute atomic E-state index is 14.5. The topological polar surface area (TPSA) is 111 Å². The molecule has 0 radical (unpaired) electrons. The van der Waals surface area contributed by atoms with Crippen molar-refractivity contribution in [3.63, 3.8) is 0 Å². The van der Waals surface area contributed by atoms with Crippen LogP contribution >= 0.6 is 23.1 Å². The van der Waals surface area contributed by atoms with Gasteiger partial charge in [0.15, 0.2) is 0 Å². The number of nitriles is 1. The molecule has 1 aliphatic rings. The Kier molecular flexibility index (Phi) is 10.1. The number of carbonyl (C=O) groups excluding carboxylic acids is 3. The van der Waals surface area contributed by atoms with Crippen LogP contribution < -0.4 is 16.0 Å². The van der Waals surface area contributed by atoms with E-state index in [-0.39, 0.29) is 17.2 Å². The predicted octanol–water partition coefficient (Wildman–Crippen LogP) is 7.41. The van der Waals surface area contributed by atoms with E-state index in [1.807, 2.05) is 6.07 Å². The molecule has 0 saturated carbocycles. The minimum Gasteiger partial charge on any atom is -0.321 e. The Morgan fingerprint density at radius 3 is 2.56 bits per heavy atom. The molecule has 7 nitrogen and oxygen atoms in total. The van der Waals surface area contributed by atoms with E-state index >= 15 is 0 Å². The summed E-state index contributed by atoms with van der Waals surface area (Å²) in [4.78, 5) is 41.3. The van der Waals surface area contributed by atoms with Gasteiger partial charge in [0.25, 0.3) is 11.8 Å². The summed E-state index contributed by atoms with van der Waals surface area (Å²) in [5.41, 5.74) is 2.40. The molecule has 3 amide bonds. The van der Waals surface area contributed by atoms with E-state index < -0.39 is 22.9 Å². The van der Waals surface area contributed by atoms with Gasteiger partial charge < -0.3 is 16.0 Å². The molecule has 1 aromatic heterocycles. The van der Waals surface area contributed by atoms with E-state index in [9.17, 15) is 24.0 Å². The summed E-state index contributed by atoms with van der Waals surface area (Å²) < 4.78 is 14.5. The Labute approximate surface area is 269 Å². The molecule has 0 spiro atoms. The quantitative estimate of drug-likeness (QED) is 0.131. The van der Waals surface area contributed by atoms with Crippen LogP contribution in [0.1, 0.15) is 52.2 Å². The normalized spacial score (nSPS) is 14.9. The molecular weight excluding hydrogens is 608 g/mol. The number of nitrogens with one attached hydrogen (secondary N) is 3. The number of benzene rings is 3. The highest BCUT2D eigenvalue weighted by atomic mass is 32.2. The van der Waals surface area contributed by atoms with E-state index in [1.54, 1.807) is 61.5 Å². The number of thiophene rings is 1. The number of hydrogen-bond donors (Lipinski definition) is 3. The Balaban J connectivity index is 1.29. The number of anilines is 2. The molecule has 0 fully saturated rings. The number of hydrogen-bond acceptors (Lipinski definition) is 6. The second-order valence-corrected chi connectivity index (χ2v) is 13.3. The fraction of sp³-hybridized carbons (Fsp3) is 0.200. The van der Waals surface area contributed by atoms with Crippen molar-refractivity contribution in [2.75, 3.05) is 10.6 Å². The summed E-state index contributed by atoms with van der Waals surface area (Å²) in [5.74, 6) is -1.37. The van der Waals surface area contributed by atoms with Gasteiger partial charge in [0.05, 0.1) is 10.8 Å². The summed E-state index contributed by atoms with van der Waals surface area (Å²) in [5, 5.41) is 18.2. The number of halogens is 1. The van der Waals surface area contributed by atoms with Gasteiger partial charge in [0.1, 0.15) is 22.6 Å². The van der Waals surface area contributed by atoms with Crippen molar-refractivity contribution in [2.24, 2.45) is 5.92 Å². The number of nitrogens with zero attached hydrogens (tertiary/aromatic N) is 1. The lowest BCUT2D eigenvalue weighted by atomic mass is 9.89. The van der Waals surface area contributed by atoms with Crippen molar-refractivity contribution >= 4 is 57.6 Å². The first kappa shape index (κ1) is 31.7. The van der Waals surface area contributed by atoms with Crippen LogP contribution in [0.5, 0.6) is 0 Å². The summed E-state index contributed by atoms with van der Waals surface area (Å²) in [7, 11) is 0. The van der Waals surface area contributed by atoms with E-state index in [0.717, 1.165) is 29.7 Å². The van der Waals surface area contributed by atoms with Crippen molar-refractivity contribution in [1.29, 1.82) is 5.26 Å². The van der Waals surface area contributed by atoms with E-state index in [2.05, 4.69) is 28.9 Å². The first-order chi connectivity index (χ1) is 21.7. The van der Waals surface area contributed by atoms with Gasteiger partial charge in [-0.25, -0.2) is 4.39 Å². The van der Waals surface area contributed by atoms with Gasteiger partial charge in [-0.3, -0.25) is 14.4 Å². The Bertz CT molecular complexity index is 1810. The lowest BCUT2D eigenvalue weighted by molar-refractivity contribution is -0.115. The second-order valence-electron chi connectivity index (χ2n) is 10.8. The minimum absolute atomic E-state index is 0.138. The van der Waals surface area contributed by atoms with Gasteiger partial charge in [-0.2, -0.15) is 5.26 Å². The zero-order valence-corrected chi connectivity index (χ0v) is 26.4. The lowest BCUT2D eigenvalue weighted by Gasteiger charge is -2.17. The van der Waals surface area contributed by atoms with Crippen molar-refractivity contribution in [2.45, 2.75) is 43.3 Å². The van der Waals surface area contributed by atoms with Crippen LogP contribution in [0.25, 0.3) is 6.08 Å². The van der Waals surface area contributed by atoms with Crippen LogP contribution in [0.15, 0.2) is 89.5 Å². The zero-order valence-electron chi connectivity index (χ0n) is 24.7. The molecule has 1 aliphatic carbocycles. The van der Waals surface area contributed by atoms with E-state index in [0.29, 0.717) is 27.7 Å². The maximum atomic E-state index is 14.5. The molecule has 5 rings (SSSR count). The van der Waals surface area contributed by atoms with Crippen molar-refractivity contribution in [3.05, 3.63) is 118 Å². The Morgan fingerprint density at radius 1 is 1.04 bits per heavy atom. The molecular formula is C35H31FN4O3S2. The standard InChI is InChI=1S/C35H31FN4O3S2/c1-21-15-16-27-28(20-37)35(45-31(27)17-21)40-32(41)22(2)44-26-13-8-12-25(19-26)38-34(43)30(18-24-11-6-7-14-29(24)36)39-33(42)23-9-4-3-5-10-23/h3-14,18-19,21-22H,15-17H2,1-2H3,(H,38,43)(H,39,42)(H,40,41)/b30-18-. The third kappa shape index (κ3) is 7.87. The number of amides is 3. The van der Waals surface area contributed by atoms with Crippen LogP contribution in [-0.4, -0.2) is 23.0 Å². The number of thioether (sulfide) groups is 1. The molecule has 4 aromatic rings. The van der Waals surface area contributed by atoms with Crippen LogP contribution in [0, 0.1) is 23.1 Å². The summed E-state index contributed by atoms with van der Waals surface area (Å²) >= 11 is 2.79. The fourth-order valence-electron chi connectivity index (χ4n) is 4.96. The molecule has 0 saturated heterocycles. The number of fused-ring (bicyclic) bond motifs is 1. The molecule has 0 bridgehead atoms. The van der Waals surface area contributed by atoms with Crippen LogP contribution in [0.2, 0.25) is 0 Å². The predicted molar refractivity (Wildman–Crippen MR) is 178 cm³/mol. The smallest absolute Gasteiger partial charge is 0.272 e. The van der Waals surface area contributed by atoms with Crippen molar-refractivity contribution in [1.82, 2.24) is 5.32 Å². The minimum atomic E-state index is -0.643. The van der Waals surface area contributed by atoms with Crippen LogP contribution in [0.3, 0.4) is 0 Å². The summed E-state index contributed by atoms with van der Waals surface area (Å²) in [6.07, 6.45) is 4.09. The molecule has 10 heteroatoms. The SMILES string of the molecule is CC1CCc2c(sc(NC(=O)C(C)Sc3cccc(NC(=O)/C(=C/c4ccccc4F)NC(=O)c4ccccc4)c3)c2C#N)C1. The Morgan fingerprint density at radius 2 is 1.80 bits per heavy atom. The molecule has 3 N–H and O–H groups in total. The highest BCUT2D eigenvalue weighted by Crippen LogP contribution is 2.39. The van der Waals surface area contributed by atoms with Crippen molar-refractivity contribution < 1.29 is 18.8 Å². The zero-order chi connectivity index (χ0) is 31.9. The average Bonchev–Trinajstić information content (AvgIpc) is 3.37. The second kappa shape index (κ2) is 14.4. The highest BCUT2D eigenvalue weighted by Gasteiger charge is 2.26. The van der Waals surface area contributed by atoms with Gasteiger partial charge in [-0.1, -0.05) is 49.4 Å². The van der Waals surface area contributed by atoms with Gasteiger partial charge in [0.2, 0.25) is 5.91 Å². The summed E-state index contributed by atoms with van der Waals surface area (Å²) in [6, 6.07) is 23.6. The molecule has 1 heterocycles. The molecule has 2 atom stereocenters. The van der Waals surface area contributed by atoms with Gasteiger partial charge >= 0.3 is 0 Å². The van der Waals surface area contributed by atoms with Crippen LogP contribution in [0.4, 0.5) is 15.1 Å². The molecule has 45 heavy (non-hydrogen) atoms. The first-order valence-corrected chi connectivity index (χ1v) is 16.2. The van der Waals surface area contributed by atoms with Gasteiger partial charge in [-0.15, -0.1) is 23.1 Å². The van der Waals surface area contributed by atoms with Crippen molar-refractivity contribution in [3.8, 4) is 6.07 Å². The van der Waals surface area contributed by atoms with Crippen LogP contribution in [-0.2, 0) is 22.4 Å². The highest BCUT2D eigenvalue weighted by molar-refractivity contribution is 8.00. The third-order valence-electron chi connectivity index (χ3n) is 7.37. The number of carbonyl (C=O) groups is 3. The largest absolute Gasteiger partial charge is 0.321 e. The third-order valence-corrected chi connectivity index (χ3v) is 9.63. The lowest BCUT2D eigenvalue weighted by Crippen LogP contribution is -2.30. The molecule has 228 valence electrons. The maximum Gasteiger partial charge on any atom is 0.272 e. The van der Waals surface area contributed by atoms with Gasteiger partial charge in [0, 0.05) is 26.6 Å². The molecule has 2 unspecified atom stereocenters.